The molecule has 0 bridgehead atoms. The zero-order chi connectivity index (χ0) is 15.6. The molecular formula is C19H25NO3. The number of hydrogen-bond donors (Lipinski definition) is 0. The molecule has 4 heteroatoms. The Morgan fingerprint density at radius 3 is 2.83 bits per heavy atom. The zero-order valence-corrected chi connectivity index (χ0v) is 13.6. The summed E-state index contributed by atoms with van der Waals surface area (Å²) in [4.78, 5) is 14.7. The maximum Gasteiger partial charge on any atom is 0.231 e. The number of nitrogens with zero attached hydrogens (tertiary/aromatic N) is 1. The molecule has 1 amide bonds. The Balaban J connectivity index is 1.31. The van der Waals surface area contributed by atoms with E-state index in [-0.39, 0.29) is 0 Å². The molecule has 0 aromatic heterocycles. The lowest BCUT2D eigenvalue weighted by Gasteiger charge is -2.41. The van der Waals surface area contributed by atoms with E-state index < -0.39 is 0 Å². The maximum atomic E-state index is 12.5. The lowest BCUT2D eigenvalue weighted by atomic mass is 9.75. The van der Waals surface area contributed by atoms with Gasteiger partial charge in [-0.15, -0.1) is 0 Å². The molecule has 2 atom stereocenters. The molecule has 2 fully saturated rings. The second-order valence-electron chi connectivity index (χ2n) is 7.12. The lowest BCUT2D eigenvalue weighted by Crippen LogP contribution is -2.44. The fourth-order valence-corrected chi connectivity index (χ4v) is 4.33. The third kappa shape index (κ3) is 3.17. The van der Waals surface area contributed by atoms with Gasteiger partial charge in [0.2, 0.25) is 12.7 Å². The van der Waals surface area contributed by atoms with Gasteiger partial charge in [0.05, 0.1) is 0 Å². The molecular weight excluding hydrogens is 290 g/mol. The molecule has 4 nitrogen and oxygen atoms in total. The van der Waals surface area contributed by atoms with Gasteiger partial charge in [-0.25, -0.2) is 0 Å². The van der Waals surface area contributed by atoms with Crippen molar-refractivity contribution >= 4 is 5.91 Å². The smallest absolute Gasteiger partial charge is 0.231 e. The van der Waals surface area contributed by atoms with Gasteiger partial charge in [0, 0.05) is 19.5 Å². The van der Waals surface area contributed by atoms with E-state index in [1.807, 2.05) is 18.2 Å². The van der Waals surface area contributed by atoms with Crippen molar-refractivity contribution in [2.24, 2.45) is 11.8 Å². The van der Waals surface area contributed by atoms with E-state index in [1.54, 1.807) is 0 Å². The lowest BCUT2D eigenvalue weighted by molar-refractivity contribution is -0.134. The Bertz CT molecular complexity index is 586. The summed E-state index contributed by atoms with van der Waals surface area (Å²) in [6.45, 7) is 2.25. The highest BCUT2D eigenvalue weighted by Gasteiger charge is 2.32. The highest BCUT2D eigenvalue weighted by atomic mass is 16.7. The number of amides is 1. The summed E-state index contributed by atoms with van der Waals surface area (Å²) in [5, 5.41) is 0. The second-order valence-corrected chi connectivity index (χ2v) is 7.12. The largest absolute Gasteiger partial charge is 0.454 e. The van der Waals surface area contributed by atoms with Crippen molar-refractivity contribution in [1.82, 2.24) is 4.90 Å². The number of hydrogen-bond acceptors (Lipinski definition) is 3. The number of piperidine rings is 1. The molecule has 4 rings (SSSR count). The summed E-state index contributed by atoms with van der Waals surface area (Å²) in [6.07, 6.45) is 8.01. The van der Waals surface area contributed by atoms with Crippen molar-refractivity contribution in [2.75, 3.05) is 19.9 Å². The first kappa shape index (κ1) is 14.9. The number of benzene rings is 1. The van der Waals surface area contributed by atoms with Crippen LogP contribution in [0.1, 0.15) is 44.1 Å². The minimum atomic E-state index is 0.300. The number of carbonyl (C=O) groups is 1. The second kappa shape index (κ2) is 6.42. The Morgan fingerprint density at radius 2 is 1.91 bits per heavy atom. The van der Waals surface area contributed by atoms with Crippen LogP contribution in [0.25, 0.3) is 0 Å². The fourth-order valence-electron chi connectivity index (χ4n) is 4.33. The van der Waals surface area contributed by atoms with Crippen LogP contribution in [0.2, 0.25) is 0 Å². The van der Waals surface area contributed by atoms with Crippen LogP contribution in [0.4, 0.5) is 0 Å². The maximum absolute atomic E-state index is 12.5. The van der Waals surface area contributed by atoms with Gasteiger partial charge in [-0.3, -0.25) is 4.79 Å². The molecule has 0 radical (unpaired) electrons. The molecule has 0 spiro atoms. The molecule has 1 aliphatic carbocycles. The summed E-state index contributed by atoms with van der Waals surface area (Å²) in [6, 6.07) is 5.98. The average Bonchev–Trinajstić information content (AvgIpc) is 3.07. The third-order valence-corrected chi connectivity index (χ3v) is 5.71. The first-order chi connectivity index (χ1) is 11.3. The van der Waals surface area contributed by atoms with Crippen LogP contribution in [-0.4, -0.2) is 30.7 Å². The topological polar surface area (TPSA) is 38.8 Å². The van der Waals surface area contributed by atoms with E-state index in [2.05, 4.69) is 4.90 Å². The highest BCUT2D eigenvalue weighted by Crippen LogP contribution is 2.36. The van der Waals surface area contributed by atoms with Crippen LogP contribution in [0, 0.1) is 11.8 Å². The fraction of sp³-hybridized carbons (Fsp3) is 0.632. The van der Waals surface area contributed by atoms with Gasteiger partial charge in [0.15, 0.2) is 11.5 Å². The van der Waals surface area contributed by atoms with Crippen molar-refractivity contribution in [2.45, 2.75) is 44.9 Å². The molecule has 1 saturated carbocycles. The third-order valence-electron chi connectivity index (χ3n) is 5.71. The van der Waals surface area contributed by atoms with Gasteiger partial charge in [0.1, 0.15) is 0 Å². The quantitative estimate of drug-likeness (QED) is 0.858. The van der Waals surface area contributed by atoms with Gasteiger partial charge in [-0.1, -0.05) is 25.3 Å². The van der Waals surface area contributed by atoms with Crippen LogP contribution in [-0.2, 0) is 11.2 Å². The average molecular weight is 315 g/mol. The Kier molecular flexibility index (Phi) is 4.15. The normalized spacial score (nSPS) is 26.0. The summed E-state index contributed by atoms with van der Waals surface area (Å²) < 4.78 is 10.7. The molecule has 0 N–H and O–H groups in total. The van der Waals surface area contributed by atoms with E-state index in [9.17, 15) is 4.79 Å². The van der Waals surface area contributed by atoms with Gasteiger partial charge in [-0.05, 0) is 48.8 Å². The van der Waals surface area contributed by atoms with Gasteiger partial charge in [-0.2, -0.15) is 0 Å². The SMILES string of the molecule is O=C(CCc1ccc2c(c1)OCO2)N1CC[C@H]2CCCC[C@H]2C1. The number of likely N-dealkylation sites (tertiary alicyclic amines) is 1. The Labute approximate surface area is 137 Å². The standard InChI is InChI=1S/C19H25NO3/c21-19(20-10-9-15-3-1-2-4-16(15)12-20)8-6-14-5-7-17-18(11-14)23-13-22-17/h5,7,11,15-16H,1-4,6,8-10,12-13H2/t15-,16+/m1/s1. The Morgan fingerprint density at radius 1 is 1.09 bits per heavy atom. The monoisotopic (exact) mass is 315 g/mol. The first-order valence-corrected chi connectivity index (χ1v) is 8.96. The molecule has 2 aliphatic heterocycles. The summed E-state index contributed by atoms with van der Waals surface area (Å²) in [7, 11) is 0. The molecule has 2 heterocycles. The van der Waals surface area contributed by atoms with E-state index in [1.165, 1.54) is 32.1 Å². The van der Waals surface area contributed by atoms with Crippen LogP contribution < -0.4 is 9.47 Å². The van der Waals surface area contributed by atoms with E-state index in [4.69, 9.17) is 9.47 Å². The van der Waals surface area contributed by atoms with Crippen LogP contribution in [0.15, 0.2) is 18.2 Å². The van der Waals surface area contributed by atoms with E-state index in [0.29, 0.717) is 19.1 Å². The first-order valence-electron chi connectivity index (χ1n) is 8.96. The van der Waals surface area contributed by atoms with Crippen LogP contribution in [0.3, 0.4) is 0 Å². The van der Waals surface area contributed by atoms with Gasteiger partial charge < -0.3 is 14.4 Å². The number of ether oxygens (including phenoxy) is 2. The molecule has 23 heavy (non-hydrogen) atoms. The molecule has 1 aromatic carbocycles. The minimum absolute atomic E-state index is 0.300. The molecule has 1 saturated heterocycles. The highest BCUT2D eigenvalue weighted by molar-refractivity contribution is 5.76. The van der Waals surface area contributed by atoms with Crippen molar-refractivity contribution in [3.63, 3.8) is 0 Å². The predicted octanol–water partition coefficient (Wildman–Crippen LogP) is 3.39. The summed E-state index contributed by atoms with van der Waals surface area (Å²) >= 11 is 0. The molecule has 1 aromatic rings. The van der Waals surface area contributed by atoms with Crippen LogP contribution >= 0.6 is 0 Å². The van der Waals surface area contributed by atoms with Crippen LogP contribution in [0.5, 0.6) is 11.5 Å². The number of fused-ring (bicyclic) bond motifs is 2. The van der Waals surface area contributed by atoms with Crippen molar-refractivity contribution in [1.29, 1.82) is 0 Å². The zero-order valence-electron chi connectivity index (χ0n) is 13.6. The Hall–Kier alpha value is -1.71. The number of rotatable bonds is 3. The number of carbonyl (C=O) groups excluding carboxylic acids is 1. The molecule has 3 aliphatic rings. The van der Waals surface area contributed by atoms with Gasteiger partial charge in [0.25, 0.3) is 0 Å². The molecule has 0 unspecified atom stereocenters. The van der Waals surface area contributed by atoms with Crippen molar-refractivity contribution in [3.8, 4) is 11.5 Å². The number of aryl methyl sites for hydroxylation is 1. The minimum Gasteiger partial charge on any atom is -0.454 e. The van der Waals surface area contributed by atoms with Crippen molar-refractivity contribution < 1.29 is 14.3 Å². The predicted molar refractivity (Wildman–Crippen MR) is 87.5 cm³/mol. The summed E-state index contributed by atoms with van der Waals surface area (Å²) in [5.41, 5.74) is 1.15. The van der Waals surface area contributed by atoms with Gasteiger partial charge >= 0.3 is 0 Å². The van der Waals surface area contributed by atoms with E-state index in [0.717, 1.165) is 48.4 Å². The van der Waals surface area contributed by atoms with Crippen molar-refractivity contribution in [3.05, 3.63) is 23.8 Å². The summed E-state index contributed by atoms with van der Waals surface area (Å²) in [5.74, 6) is 3.55. The van der Waals surface area contributed by atoms with E-state index >= 15 is 0 Å². The molecule has 124 valence electrons.